The van der Waals surface area contributed by atoms with Gasteiger partial charge in [-0.05, 0) is 35.9 Å². The van der Waals surface area contributed by atoms with Crippen LogP contribution < -0.4 is 5.32 Å². The number of fused-ring (bicyclic) bond motifs is 1. The molecule has 1 unspecified atom stereocenters. The molecule has 0 spiro atoms. The van der Waals surface area contributed by atoms with E-state index in [9.17, 15) is 24.2 Å². The fourth-order valence-electron chi connectivity index (χ4n) is 3.45. The van der Waals surface area contributed by atoms with Crippen LogP contribution in [0.1, 0.15) is 34.0 Å². The summed E-state index contributed by atoms with van der Waals surface area (Å²) in [5, 5.41) is 21.7. The fraction of sp³-hybridized carbons (Fsp3) is 0.100. The molecule has 1 aliphatic heterocycles. The Kier molecular flexibility index (Phi) is 3.92. The first-order valence-electron chi connectivity index (χ1n) is 8.27. The number of hydrogen-bond acceptors (Lipinski definition) is 3. The van der Waals surface area contributed by atoms with E-state index in [2.05, 4.69) is 5.32 Å². The lowest BCUT2D eigenvalue weighted by Crippen LogP contribution is -2.25. The number of carbonyl (C=O) groups excluding carboxylic acids is 1. The number of aromatic nitrogens is 1. The number of aromatic carboxylic acids is 1. The molecule has 0 radical (unpaired) electrons. The van der Waals surface area contributed by atoms with Crippen molar-refractivity contribution in [2.75, 3.05) is 5.32 Å². The maximum Gasteiger partial charge on any atom is 0.339 e. The number of anilines is 1. The first-order valence-corrected chi connectivity index (χ1v) is 8.27. The third kappa shape index (κ3) is 2.93. The summed E-state index contributed by atoms with van der Waals surface area (Å²) >= 11 is 0. The number of benzene rings is 2. The smallest absolute Gasteiger partial charge is 0.339 e. The molecular weight excluding hydrogens is 351 g/mol. The van der Waals surface area contributed by atoms with Gasteiger partial charge in [-0.3, -0.25) is 4.79 Å². The number of halogens is 1. The molecule has 0 fully saturated rings. The van der Waals surface area contributed by atoms with Crippen molar-refractivity contribution >= 4 is 17.6 Å². The highest BCUT2D eigenvalue weighted by atomic mass is 19.1. The monoisotopic (exact) mass is 366 g/mol. The van der Waals surface area contributed by atoms with Gasteiger partial charge >= 0.3 is 5.97 Å². The molecule has 3 aromatic rings. The molecule has 0 aliphatic carbocycles. The molecule has 3 N–H and O–H groups in total. The highest BCUT2D eigenvalue weighted by molar-refractivity contribution is 6.04. The number of carboxylic acid groups (broad SMARTS) is 1. The average molecular weight is 366 g/mol. The van der Waals surface area contributed by atoms with Crippen LogP contribution in [0.5, 0.6) is 5.75 Å². The van der Waals surface area contributed by atoms with E-state index in [-0.39, 0.29) is 29.3 Å². The number of phenolic OH excluding ortho intramolecular Hbond substituents is 1. The lowest BCUT2D eigenvalue weighted by Gasteiger charge is -2.26. The van der Waals surface area contributed by atoms with Crippen molar-refractivity contribution in [2.24, 2.45) is 0 Å². The summed E-state index contributed by atoms with van der Waals surface area (Å²) in [5.74, 6) is -2.29. The predicted octanol–water partition coefficient (Wildman–Crippen LogP) is 3.49. The molecule has 1 aliphatic rings. The zero-order valence-electron chi connectivity index (χ0n) is 14.0. The van der Waals surface area contributed by atoms with E-state index in [0.29, 0.717) is 11.4 Å². The normalized spacial score (nSPS) is 15.9. The van der Waals surface area contributed by atoms with Crippen molar-refractivity contribution in [3.8, 4) is 11.4 Å². The van der Waals surface area contributed by atoms with Crippen LogP contribution in [0.25, 0.3) is 5.69 Å². The Hall–Kier alpha value is -3.61. The van der Waals surface area contributed by atoms with Gasteiger partial charge in [0.1, 0.15) is 17.1 Å². The van der Waals surface area contributed by atoms with Gasteiger partial charge in [-0.2, -0.15) is 0 Å². The van der Waals surface area contributed by atoms with Crippen molar-refractivity contribution in [2.45, 2.75) is 12.3 Å². The molecule has 0 saturated carbocycles. The van der Waals surface area contributed by atoms with Crippen molar-refractivity contribution in [1.82, 2.24) is 4.57 Å². The Morgan fingerprint density at radius 2 is 1.93 bits per heavy atom. The van der Waals surface area contributed by atoms with E-state index >= 15 is 0 Å². The Morgan fingerprint density at radius 1 is 1.19 bits per heavy atom. The van der Waals surface area contributed by atoms with Gasteiger partial charge in [-0.25, -0.2) is 9.18 Å². The molecule has 2 aromatic carbocycles. The summed E-state index contributed by atoms with van der Waals surface area (Å²) in [6.45, 7) is 0. The largest absolute Gasteiger partial charge is 0.508 e. The number of carbonyl (C=O) groups is 2. The lowest BCUT2D eigenvalue weighted by atomic mass is 9.88. The zero-order chi connectivity index (χ0) is 19.1. The molecule has 0 bridgehead atoms. The second kappa shape index (κ2) is 6.28. The maximum absolute atomic E-state index is 13.7. The maximum atomic E-state index is 13.7. The second-order valence-corrected chi connectivity index (χ2v) is 6.35. The molecule has 1 aromatic heterocycles. The number of nitrogens with one attached hydrogen (secondary N) is 1. The molecule has 27 heavy (non-hydrogen) atoms. The molecule has 4 rings (SSSR count). The van der Waals surface area contributed by atoms with Crippen LogP contribution in [-0.2, 0) is 4.79 Å². The Balaban J connectivity index is 1.97. The van der Waals surface area contributed by atoms with E-state index in [1.165, 1.54) is 36.5 Å². The summed E-state index contributed by atoms with van der Waals surface area (Å²) in [6.07, 6.45) is 1.50. The van der Waals surface area contributed by atoms with Crippen molar-refractivity contribution in [3.63, 3.8) is 0 Å². The van der Waals surface area contributed by atoms with Crippen molar-refractivity contribution < 1.29 is 24.2 Å². The summed E-state index contributed by atoms with van der Waals surface area (Å²) in [4.78, 5) is 23.9. The molecule has 1 amide bonds. The van der Waals surface area contributed by atoms with Crippen LogP contribution >= 0.6 is 0 Å². The van der Waals surface area contributed by atoms with Gasteiger partial charge in [0.15, 0.2) is 0 Å². The van der Waals surface area contributed by atoms with Gasteiger partial charge in [0.2, 0.25) is 5.91 Å². The summed E-state index contributed by atoms with van der Waals surface area (Å²) in [7, 11) is 0. The van der Waals surface area contributed by atoms with E-state index < -0.39 is 17.7 Å². The Bertz CT molecular complexity index is 1060. The van der Waals surface area contributed by atoms with Crippen LogP contribution in [0.4, 0.5) is 10.1 Å². The SMILES string of the molecule is O=C1CC(c2ccc(O)cc2)c2c(c(C(=O)O)cn2-c2cccc(F)c2)N1. The molecular formula is C20H15FN2O4. The van der Waals surface area contributed by atoms with E-state index in [4.69, 9.17) is 0 Å². The number of phenols is 1. The van der Waals surface area contributed by atoms with Gasteiger partial charge < -0.3 is 20.1 Å². The van der Waals surface area contributed by atoms with E-state index in [1.807, 2.05) is 0 Å². The zero-order valence-corrected chi connectivity index (χ0v) is 14.0. The number of hydrogen-bond donors (Lipinski definition) is 3. The van der Waals surface area contributed by atoms with Crippen LogP contribution in [-0.4, -0.2) is 26.7 Å². The Morgan fingerprint density at radius 3 is 2.59 bits per heavy atom. The van der Waals surface area contributed by atoms with Crippen molar-refractivity contribution in [1.29, 1.82) is 0 Å². The molecule has 2 heterocycles. The van der Waals surface area contributed by atoms with E-state index in [0.717, 1.165) is 5.56 Å². The number of carboxylic acids is 1. The van der Waals surface area contributed by atoms with Crippen LogP contribution in [0.3, 0.4) is 0 Å². The predicted molar refractivity (Wildman–Crippen MR) is 95.9 cm³/mol. The highest BCUT2D eigenvalue weighted by Crippen LogP contribution is 2.41. The van der Waals surface area contributed by atoms with Crippen LogP contribution in [0.2, 0.25) is 0 Å². The average Bonchev–Trinajstić information content (AvgIpc) is 3.01. The summed E-state index contributed by atoms with van der Waals surface area (Å²) in [6, 6.07) is 12.2. The summed E-state index contributed by atoms with van der Waals surface area (Å²) < 4.78 is 15.3. The second-order valence-electron chi connectivity index (χ2n) is 6.35. The molecule has 136 valence electrons. The standard InChI is InChI=1S/C20H15FN2O4/c21-12-2-1-3-13(8-12)23-10-16(20(26)27)18-19(23)15(9-17(25)22-18)11-4-6-14(24)7-5-11/h1-8,10,15,24H,9H2,(H,22,25)(H,26,27). The first kappa shape index (κ1) is 16.8. The van der Waals surface area contributed by atoms with E-state index in [1.54, 1.807) is 22.8 Å². The minimum Gasteiger partial charge on any atom is -0.508 e. The number of nitrogens with zero attached hydrogens (tertiary/aromatic N) is 1. The number of aromatic hydroxyl groups is 1. The van der Waals surface area contributed by atoms with Crippen molar-refractivity contribution in [3.05, 3.63) is 77.4 Å². The molecule has 1 atom stereocenters. The minimum absolute atomic E-state index is 0.0638. The fourth-order valence-corrected chi connectivity index (χ4v) is 3.45. The van der Waals surface area contributed by atoms with Gasteiger partial charge in [-0.1, -0.05) is 18.2 Å². The summed E-state index contributed by atoms with van der Waals surface area (Å²) in [5.41, 5.74) is 1.91. The highest BCUT2D eigenvalue weighted by Gasteiger charge is 2.34. The van der Waals surface area contributed by atoms with Crippen LogP contribution in [0, 0.1) is 5.82 Å². The van der Waals surface area contributed by atoms with Gasteiger partial charge in [0.25, 0.3) is 0 Å². The first-order chi connectivity index (χ1) is 12.9. The van der Waals surface area contributed by atoms with Gasteiger partial charge in [-0.15, -0.1) is 0 Å². The number of rotatable bonds is 3. The number of amides is 1. The van der Waals surface area contributed by atoms with Gasteiger partial charge in [0, 0.05) is 24.2 Å². The van der Waals surface area contributed by atoms with Gasteiger partial charge in [0.05, 0.1) is 11.4 Å². The minimum atomic E-state index is -1.19. The Labute approximate surface area is 153 Å². The third-order valence-electron chi connectivity index (χ3n) is 4.64. The lowest BCUT2D eigenvalue weighted by molar-refractivity contribution is -0.116. The topological polar surface area (TPSA) is 91.6 Å². The molecule has 6 nitrogen and oxygen atoms in total. The molecule has 0 saturated heterocycles. The van der Waals surface area contributed by atoms with Crippen LogP contribution in [0.15, 0.2) is 54.7 Å². The quantitative estimate of drug-likeness (QED) is 0.662. The molecule has 7 heteroatoms. The third-order valence-corrected chi connectivity index (χ3v) is 4.64.